The fourth-order valence-corrected chi connectivity index (χ4v) is 3.10. The number of halogens is 3. The minimum absolute atomic E-state index is 0.0804. The van der Waals surface area contributed by atoms with Crippen molar-refractivity contribution in [3.8, 4) is 0 Å². The zero-order valence-electron chi connectivity index (χ0n) is 12.9. The van der Waals surface area contributed by atoms with Gasteiger partial charge in [-0.1, -0.05) is 11.6 Å². The van der Waals surface area contributed by atoms with E-state index in [0.717, 1.165) is 19.3 Å². The monoisotopic (exact) mass is 345 g/mol. The number of carbonyl (C=O) groups excluding carboxylic acids is 2. The molecule has 1 saturated heterocycles. The van der Waals surface area contributed by atoms with E-state index in [9.17, 15) is 18.4 Å². The van der Waals surface area contributed by atoms with Crippen molar-refractivity contribution < 1.29 is 23.1 Å². The number of carbonyl (C=O) groups is 2. The van der Waals surface area contributed by atoms with Crippen molar-refractivity contribution in [2.75, 3.05) is 6.61 Å². The highest BCUT2D eigenvalue weighted by atomic mass is 35.5. The maximum atomic E-state index is 13.2. The molecule has 1 aliphatic heterocycles. The van der Waals surface area contributed by atoms with Gasteiger partial charge in [-0.05, 0) is 45.2 Å². The predicted molar refractivity (Wildman–Crippen MR) is 81.3 cm³/mol. The first-order chi connectivity index (χ1) is 10.8. The summed E-state index contributed by atoms with van der Waals surface area (Å²) in [5.74, 6) is -3.62. The third kappa shape index (κ3) is 3.99. The van der Waals surface area contributed by atoms with Crippen LogP contribution in [0.15, 0.2) is 12.1 Å². The Labute approximate surface area is 138 Å². The smallest absolute Gasteiger partial charge is 0.340 e. The third-order valence-electron chi connectivity index (χ3n) is 4.04. The summed E-state index contributed by atoms with van der Waals surface area (Å²) in [7, 11) is 0. The Morgan fingerprint density at radius 3 is 2.39 bits per heavy atom. The fourth-order valence-electron chi connectivity index (χ4n) is 2.87. The Hall–Kier alpha value is -1.69. The van der Waals surface area contributed by atoms with Gasteiger partial charge in [0, 0.05) is 12.1 Å². The molecule has 0 spiro atoms. The van der Waals surface area contributed by atoms with Gasteiger partial charge in [0.2, 0.25) is 0 Å². The van der Waals surface area contributed by atoms with Crippen LogP contribution < -0.4 is 0 Å². The van der Waals surface area contributed by atoms with E-state index in [1.807, 2.05) is 13.8 Å². The molecule has 0 N–H and O–H groups in total. The Kier molecular flexibility index (Phi) is 5.57. The summed E-state index contributed by atoms with van der Waals surface area (Å²) in [4.78, 5) is 25.9. The molecule has 7 heteroatoms. The Balaban J connectivity index is 2.01. The van der Waals surface area contributed by atoms with Crippen molar-refractivity contribution in [2.24, 2.45) is 0 Å². The van der Waals surface area contributed by atoms with E-state index in [-0.39, 0.29) is 28.6 Å². The van der Waals surface area contributed by atoms with Crippen LogP contribution in [0, 0.1) is 11.6 Å². The average molecular weight is 346 g/mol. The van der Waals surface area contributed by atoms with Crippen LogP contribution in [0.5, 0.6) is 0 Å². The molecule has 0 aromatic heterocycles. The standard InChI is InChI=1S/C16H18ClF2NO3/c1-9-4-3-5-10(2)20(9)15(21)8-23-16(22)11-6-13(18)14(19)7-12(11)17/h6-7,9-10H,3-5,8H2,1-2H3/t9-,10+. The average Bonchev–Trinajstić information content (AvgIpc) is 2.48. The van der Waals surface area contributed by atoms with Gasteiger partial charge in [-0.15, -0.1) is 0 Å². The van der Waals surface area contributed by atoms with Gasteiger partial charge < -0.3 is 9.64 Å². The van der Waals surface area contributed by atoms with Crippen molar-refractivity contribution in [2.45, 2.75) is 45.2 Å². The largest absolute Gasteiger partial charge is 0.452 e. The van der Waals surface area contributed by atoms with Crippen molar-refractivity contribution in [1.29, 1.82) is 0 Å². The molecule has 4 nitrogen and oxygen atoms in total. The van der Waals surface area contributed by atoms with E-state index in [0.29, 0.717) is 12.1 Å². The summed E-state index contributed by atoms with van der Waals surface area (Å²) < 4.78 is 31.1. The van der Waals surface area contributed by atoms with Gasteiger partial charge in [-0.3, -0.25) is 4.79 Å². The Morgan fingerprint density at radius 2 is 1.78 bits per heavy atom. The van der Waals surface area contributed by atoms with Crippen LogP contribution in [-0.2, 0) is 9.53 Å². The number of amides is 1. The maximum absolute atomic E-state index is 13.2. The lowest BCUT2D eigenvalue weighted by molar-refractivity contribution is -0.140. The first kappa shape index (κ1) is 17.7. The molecule has 0 bridgehead atoms. The lowest BCUT2D eigenvalue weighted by Gasteiger charge is -2.38. The molecule has 1 amide bonds. The lowest BCUT2D eigenvalue weighted by atomic mass is 9.97. The van der Waals surface area contributed by atoms with E-state index in [4.69, 9.17) is 16.3 Å². The minimum atomic E-state index is -1.20. The van der Waals surface area contributed by atoms with Gasteiger partial charge in [-0.2, -0.15) is 0 Å². The quantitative estimate of drug-likeness (QED) is 0.621. The van der Waals surface area contributed by atoms with Crippen LogP contribution in [0.3, 0.4) is 0 Å². The molecule has 1 aromatic rings. The van der Waals surface area contributed by atoms with Crippen molar-refractivity contribution in [3.63, 3.8) is 0 Å². The highest BCUT2D eigenvalue weighted by molar-refractivity contribution is 6.33. The SMILES string of the molecule is C[C@@H]1CCC[C@H](C)N1C(=O)COC(=O)c1cc(F)c(F)cc1Cl. The van der Waals surface area contributed by atoms with Crippen LogP contribution in [0.2, 0.25) is 5.02 Å². The molecule has 1 heterocycles. The molecule has 2 atom stereocenters. The lowest BCUT2D eigenvalue weighted by Crippen LogP contribution is -2.49. The summed E-state index contributed by atoms with van der Waals surface area (Å²) in [6.07, 6.45) is 2.86. The molecule has 1 aliphatic rings. The van der Waals surface area contributed by atoms with Crippen molar-refractivity contribution in [1.82, 2.24) is 4.90 Å². The van der Waals surface area contributed by atoms with Gasteiger partial charge in [-0.25, -0.2) is 13.6 Å². The number of rotatable bonds is 3. The van der Waals surface area contributed by atoms with Crippen LogP contribution in [-0.4, -0.2) is 35.5 Å². The van der Waals surface area contributed by atoms with E-state index < -0.39 is 24.2 Å². The molecule has 1 aromatic carbocycles. The molecule has 2 rings (SSSR count). The van der Waals surface area contributed by atoms with E-state index in [2.05, 4.69) is 0 Å². The van der Waals surface area contributed by atoms with Crippen molar-refractivity contribution in [3.05, 3.63) is 34.4 Å². The minimum Gasteiger partial charge on any atom is -0.452 e. The summed E-state index contributed by atoms with van der Waals surface area (Å²) in [5.41, 5.74) is -0.307. The van der Waals surface area contributed by atoms with Gasteiger partial charge in [0.15, 0.2) is 18.2 Å². The number of piperidine rings is 1. The third-order valence-corrected chi connectivity index (χ3v) is 4.35. The summed E-state index contributed by atoms with van der Waals surface area (Å²) >= 11 is 5.70. The topological polar surface area (TPSA) is 46.6 Å². The zero-order valence-corrected chi connectivity index (χ0v) is 13.7. The Bertz CT molecular complexity index is 614. The number of esters is 1. The van der Waals surface area contributed by atoms with Gasteiger partial charge in [0.05, 0.1) is 10.6 Å². The molecule has 0 unspecified atom stereocenters. The number of ether oxygens (including phenoxy) is 1. The molecule has 23 heavy (non-hydrogen) atoms. The highest BCUT2D eigenvalue weighted by Gasteiger charge is 2.29. The molecule has 126 valence electrons. The van der Waals surface area contributed by atoms with Crippen LogP contribution in [0.4, 0.5) is 8.78 Å². The normalized spacial score (nSPS) is 21.2. The highest BCUT2D eigenvalue weighted by Crippen LogP contribution is 2.23. The predicted octanol–water partition coefficient (Wildman–Crippen LogP) is 3.56. The van der Waals surface area contributed by atoms with Crippen LogP contribution >= 0.6 is 11.6 Å². The second-order valence-electron chi connectivity index (χ2n) is 5.75. The summed E-state index contributed by atoms with van der Waals surface area (Å²) in [6.45, 7) is 3.44. The number of hydrogen-bond donors (Lipinski definition) is 0. The summed E-state index contributed by atoms with van der Waals surface area (Å²) in [6, 6.07) is 1.52. The van der Waals surface area contributed by atoms with Gasteiger partial charge in [0.1, 0.15) is 0 Å². The molecular formula is C16H18ClF2NO3. The first-order valence-electron chi connectivity index (χ1n) is 7.44. The van der Waals surface area contributed by atoms with E-state index >= 15 is 0 Å². The van der Waals surface area contributed by atoms with E-state index in [1.165, 1.54) is 0 Å². The number of nitrogens with zero attached hydrogens (tertiary/aromatic N) is 1. The van der Waals surface area contributed by atoms with Gasteiger partial charge in [0.25, 0.3) is 5.91 Å². The molecule has 1 fully saturated rings. The molecule has 0 aliphatic carbocycles. The summed E-state index contributed by atoms with van der Waals surface area (Å²) in [5, 5.41) is -0.263. The number of likely N-dealkylation sites (tertiary alicyclic amines) is 1. The first-order valence-corrected chi connectivity index (χ1v) is 7.82. The second-order valence-corrected chi connectivity index (χ2v) is 6.16. The maximum Gasteiger partial charge on any atom is 0.340 e. The second kappa shape index (κ2) is 7.25. The molecule has 0 radical (unpaired) electrons. The number of benzene rings is 1. The molecular weight excluding hydrogens is 328 g/mol. The number of hydrogen-bond acceptors (Lipinski definition) is 3. The molecule has 0 saturated carbocycles. The van der Waals surface area contributed by atoms with Crippen LogP contribution in [0.1, 0.15) is 43.5 Å². The fraction of sp³-hybridized carbons (Fsp3) is 0.500. The Morgan fingerprint density at radius 1 is 1.22 bits per heavy atom. The van der Waals surface area contributed by atoms with Crippen molar-refractivity contribution >= 4 is 23.5 Å². The van der Waals surface area contributed by atoms with Gasteiger partial charge >= 0.3 is 5.97 Å². The van der Waals surface area contributed by atoms with Crippen LogP contribution in [0.25, 0.3) is 0 Å². The zero-order chi connectivity index (χ0) is 17.1. The van der Waals surface area contributed by atoms with E-state index in [1.54, 1.807) is 4.90 Å².